The number of benzene rings is 1. The predicted octanol–water partition coefficient (Wildman–Crippen LogP) is 3.69. The largest absolute Gasteiger partial charge is 0.507 e. The number of piperidine rings is 1. The first-order valence-electron chi connectivity index (χ1n) is 10.8. The molecule has 0 aliphatic carbocycles. The number of aromatic hydroxyl groups is 1. The van der Waals surface area contributed by atoms with Crippen LogP contribution in [0.4, 0.5) is 10.2 Å². The summed E-state index contributed by atoms with van der Waals surface area (Å²) in [6.07, 6.45) is 2.97. The van der Waals surface area contributed by atoms with Crippen molar-refractivity contribution >= 4 is 17.2 Å². The molecule has 1 aromatic carbocycles. The molecule has 2 aliphatic rings. The van der Waals surface area contributed by atoms with E-state index in [1.807, 2.05) is 24.9 Å². The molecule has 170 valence electrons. The summed E-state index contributed by atoms with van der Waals surface area (Å²) in [5, 5.41) is 33.8. The maximum Gasteiger partial charge on any atom is 0.185 e. The van der Waals surface area contributed by atoms with Gasteiger partial charge in [0.25, 0.3) is 0 Å². The average Bonchev–Trinajstić information content (AvgIpc) is 3.39. The molecule has 2 saturated heterocycles. The van der Waals surface area contributed by atoms with Crippen molar-refractivity contribution < 1.29 is 9.50 Å². The number of phenolic OH excluding ortho intramolecular Hbond substituents is 1. The van der Waals surface area contributed by atoms with Gasteiger partial charge in [0.1, 0.15) is 23.0 Å². The molecule has 4 atom stereocenters. The van der Waals surface area contributed by atoms with Gasteiger partial charge in [-0.05, 0) is 45.2 Å². The highest BCUT2D eigenvalue weighted by Crippen LogP contribution is 2.45. The zero-order valence-electron chi connectivity index (χ0n) is 18.6. The van der Waals surface area contributed by atoms with E-state index in [2.05, 4.69) is 32.4 Å². The molecule has 2 aliphatic heterocycles. The van der Waals surface area contributed by atoms with Crippen LogP contribution in [0.1, 0.15) is 38.8 Å². The quantitative estimate of drug-likeness (QED) is 0.600. The summed E-state index contributed by atoms with van der Waals surface area (Å²) in [7, 11) is 1.83. The second-order valence-corrected chi connectivity index (χ2v) is 10.3. The third kappa shape index (κ3) is 3.71. The van der Waals surface area contributed by atoms with Crippen LogP contribution in [0.5, 0.6) is 5.75 Å². The van der Waals surface area contributed by atoms with Gasteiger partial charge in [-0.3, -0.25) is 0 Å². The topological polar surface area (TPSA) is 111 Å². The van der Waals surface area contributed by atoms with Crippen LogP contribution < -0.4 is 10.2 Å². The molecule has 4 heterocycles. The molecular formula is C23H24FN7OS. The van der Waals surface area contributed by atoms with Gasteiger partial charge in [0, 0.05) is 29.1 Å². The minimum atomic E-state index is -1.04. The number of nitrogens with one attached hydrogen (secondary N) is 1. The Balaban J connectivity index is 1.37. The molecule has 33 heavy (non-hydrogen) atoms. The van der Waals surface area contributed by atoms with Crippen molar-refractivity contribution in [2.75, 3.05) is 11.9 Å². The van der Waals surface area contributed by atoms with Gasteiger partial charge >= 0.3 is 0 Å². The van der Waals surface area contributed by atoms with Crippen molar-refractivity contribution in [3.8, 4) is 33.8 Å². The van der Waals surface area contributed by atoms with Gasteiger partial charge in [0.05, 0.1) is 17.8 Å². The minimum absolute atomic E-state index is 0.0104. The maximum absolute atomic E-state index is 15.4. The van der Waals surface area contributed by atoms with E-state index in [0.29, 0.717) is 34.1 Å². The highest BCUT2D eigenvalue weighted by Gasteiger charge is 2.56. The van der Waals surface area contributed by atoms with Crippen LogP contribution in [-0.4, -0.2) is 55.6 Å². The molecule has 8 nitrogen and oxygen atoms in total. The van der Waals surface area contributed by atoms with Crippen molar-refractivity contribution in [2.24, 2.45) is 0 Å². The number of anilines is 1. The van der Waals surface area contributed by atoms with Crippen molar-refractivity contribution in [1.82, 2.24) is 25.5 Å². The van der Waals surface area contributed by atoms with E-state index in [1.165, 1.54) is 11.3 Å². The van der Waals surface area contributed by atoms with Crippen LogP contribution in [0.25, 0.3) is 22.0 Å². The standard InChI is InChI=1S/C23H24FN7OS/c1-22-6-7-23(2,30-22)19(24)16(9-22)31(3)18-11-26-20(29-28-18)15-5-4-13(8-17(15)32)21-27-14(10-25)12-33-21/h4-5,8,11-12,16,19,30,32H,6-7,9H2,1-3H3/t16-,19-,22-,23+/m1/s1. The van der Waals surface area contributed by atoms with Gasteiger partial charge in [-0.2, -0.15) is 5.26 Å². The third-order valence-electron chi connectivity index (χ3n) is 6.90. The van der Waals surface area contributed by atoms with E-state index in [9.17, 15) is 5.11 Å². The predicted molar refractivity (Wildman–Crippen MR) is 124 cm³/mol. The molecule has 5 rings (SSSR count). The molecule has 2 fully saturated rings. The molecule has 2 N–H and O–H groups in total. The van der Waals surface area contributed by atoms with Gasteiger partial charge in [-0.25, -0.2) is 14.4 Å². The number of alkyl halides is 1. The maximum atomic E-state index is 15.4. The summed E-state index contributed by atoms with van der Waals surface area (Å²) in [6.45, 7) is 4.10. The third-order valence-corrected chi connectivity index (χ3v) is 7.79. The normalized spacial score (nSPS) is 28.5. The summed E-state index contributed by atoms with van der Waals surface area (Å²) >= 11 is 1.33. The number of fused-ring (bicyclic) bond motifs is 2. The van der Waals surface area contributed by atoms with Crippen LogP contribution in [0, 0.1) is 11.3 Å². The Hall–Kier alpha value is -3.16. The van der Waals surface area contributed by atoms with Crippen LogP contribution in [0.3, 0.4) is 0 Å². The van der Waals surface area contributed by atoms with E-state index in [-0.39, 0.29) is 23.2 Å². The molecule has 10 heteroatoms. The smallest absolute Gasteiger partial charge is 0.185 e. The molecule has 2 bridgehead atoms. The van der Waals surface area contributed by atoms with E-state index in [0.717, 1.165) is 12.8 Å². The molecule has 0 saturated carbocycles. The zero-order chi connectivity index (χ0) is 23.4. The van der Waals surface area contributed by atoms with Crippen LogP contribution in [0.15, 0.2) is 29.8 Å². The van der Waals surface area contributed by atoms with E-state index < -0.39 is 11.7 Å². The summed E-state index contributed by atoms with van der Waals surface area (Å²) in [4.78, 5) is 10.4. The number of rotatable bonds is 4. The highest BCUT2D eigenvalue weighted by atomic mass is 32.1. The van der Waals surface area contributed by atoms with Gasteiger partial charge in [-0.15, -0.1) is 21.5 Å². The summed E-state index contributed by atoms with van der Waals surface area (Å²) in [5.74, 6) is 0.751. The zero-order valence-corrected chi connectivity index (χ0v) is 19.4. The van der Waals surface area contributed by atoms with E-state index >= 15 is 4.39 Å². The average molecular weight is 466 g/mol. The fourth-order valence-corrected chi connectivity index (χ4v) is 5.81. The first-order valence-corrected chi connectivity index (χ1v) is 11.6. The number of nitrogens with zero attached hydrogens (tertiary/aromatic N) is 6. The Kier molecular flexibility index (Phi) is 5.06. The van der Waals surface area contributed by atoms with Crippen molar-refractivity contribution in [2.45, 2.75) is 56.4 Å². The Labute approximate surface area is 195 Å². The molecule has 0 spiro atoms. The number of hydrogen-bond acceptors (Lipinski definition) is 9. The molecule has 0 unspecified atom stereocenters. The lowest BCUT2D eigenvalue weighted by atomic mass is 9.82. The number of halogens is 1. The Bertz CT molecular complexity index is 1240. The Morgan fingerprint density at radius 2 is 2.12 bits per heavy atom. The van der Waals surface area contributed by atoms with Gasteiger partial charge in [0.15, 0.2) is 17.3 Å². The number of phenols is 1. The lowest BCUT2D eigenvalue weighted by Crippen LogP contribution is -2.65. The first kappa shape index (κ1) is 21.7. The fourth-order valence-electron chi connectivity index (χ4n) is 5.07. The van der Waals surface area contributed by atoms with Gasteiger partial charge < -0.3 is 15.3 Å². The molecule has 2 aromatic heterocycles. The molecule has 0 radical (unpaired) electrons. The number of hydrogen-bond donors (Lipinski definition) is 2. The molecule has 3 aromatic rings. The molecule has 0 amide bonds. The van der Waals surface area contributed by atoms with Crippen LogP contribution in [0.2, 0.25) is 0 Å². The number of aromatic nitrogens is 4. The van der Waals surface area contributed by atoms with Crippen LogP contribution >= 0.6 is 11.3 Å². The van der Waals surface area contributed by atoms with E-state index in [1.54, 1.807) is 29.8 Å². The molecular weight excluding hydrogens is 441 g/mol. The van der Waals surface area contributed by atoms with E-state index in [4.69, 9.17) is 5.26 Å². The highest BCUT2D eigenvalue weighted by molar-refractivity contribution is 7.13. The monoisotopic (exact) mass is 465 g/mol. The fraction of sp³-hybridized carbons (Fsp3) is 0.435. The van der Waals surface area contributed by atoms with Crippen molar-refractivity contribution in [3.05, 3.63) is 35.5 Å². The van der Waals surface area contributed by atoms with Gasteiger partial charge in [-0.1, -0.05) is 6.07 Å². The summed E-state index contributed by atoms with van der Waals surface area (Å²) in [5.41, 5.74) is 0.845. The SMILES string of the molecule is CN(c1cnc(-c2ccc(-c3nc(C#N)cs3)cc2O)nn1)[C@@H]1C[C@@]2(C)CC[C@](C)(N2)[C@@H]1F. The second-order valence-electron chi connectivity index (χ2n) is 9.41. The Morgan fingerprint density at radius 1 is 1.30 bits per heavy atom. The minimum Gasteiger partial charge on any atom is -0.507 e. The van der Waals surface area contributed by atoms with Gasteiger partial charge in [0.2, 0.25) is 0 Å². The number of thiazole rings is 1. The Morgan fingerprint density at radius 3 is 2.79 bits per heavy atom. The number of nitriles is 1. The summed E-state index contributed by atoms with van der Waals surface area (Å²) < 4.78 is 15.4. The second kappa shape index (κ2) is 7.71. The van der Waals surface area contributed by atoms with Crippen molar-refractivity contribution in [3.63, 3.8) is 0 Å². The van der Waals surface area contributed by atoms with Crippen LogP contribution in [-0.2, 0) is 0 Å². The first-order chi connectivity index (χ1) is 15.7. The summed E-state index contributed by atoms with van der Waals surface area (Å²) in [6, 6.07) is 6.73. The lowest BCUT2D eigenvalue weighted by molar-refractivity contribution is 0.0859. The van der Waals surface area contributed by atoms with Crippen molar-refractivity contribution in [1.29, 1.82) is 5.26 Å². The lowest BCUT2D eigenvalue weighted by Gasteiger charge is -2.47.